The monoisotopic (exact) mass is 380 g/mol. The van der Waals surface area contributed by atoms with Crippen LogP contribution >= 0.6 is 0 Å². The fraction of sp³-hybridized carbons (Fsp3) is 0.391. The van der Waals surface area contributed by atoms with Gasteiger partial charge in [-0.15, -0.1) is 0 Å². The topological polar surface area (TPSA) is 67.4 Å². The van der Waals surface area contributed by atoms with Gasteiger partial charge in [-0.25, -0.2) is 4.79 Å². The molecule has 0 aliphatic heterocycles. The minimum absolute atomic E-state index is 0.0556. The van der Waals surface area contributed by atoms with E-state index >= 15 is 0 Å². The summed E-state index contributed by atoms with van der Waals surface area (Å²) < 4.78 is 5.42. The van der Waals surface area contributed by atoms with E-state index < -0.39 is 11.7 Å². The molecule has 0 radical (unpaired) electrons. The normalized spacial score (nSPS) is 19.4. The molecule has 0 fully saturated rings. The highest BCUT2D eigenvalue weighted by Gasteiger charge is 2.36. The van der Waals surface area contributed by atoms with Gasteiger partial charge in [-0.05, 0) is 50.8 Å². The van der Waals surface area contributed by atoms with Crippen LogP contribution in [-0.4, -0.2) is 23.6 Å². The molecule has 0 aromatic heterocycles. The van der Waals surface area contributed by atoms with Crippen LogP contribution in [-0.2, 0) is 16.0 Å². The van der Waals surface area contributed by atoms with Crippen molar-refractivity contribution in [3.63, 3.8) is 0 Å². The molecule has 0 bridgehead atoms. The second-order valence-corrected chi connectivity index (χ2v) is 8.27. The van der Waals surface area contributed by atoms with Crippen LogP contribution in [0.25, 0.3) is 0 Å². The zero-order chi connectivity index (χ0) is 20.3. The minimum atomic E-state index is -0.581. The van der Waals surface area contributed by atoms with Gasteiger partial charge >= 0.3 is 6.09 Å². The number of benzene rings is 2. The number of fused-ring (bicyclic) bond motifs is 1. The lowest BCUT2D eigenvalue weighted by atomic mass is 9.99. The van der Waals surface area contributed by atoms with E-state index in [9.17, 15) is 9.59 Å². The van der Waals surface area contributed by atoms with E-state index in [-0.39, 0.29) is 23.9 Å². The predicted octanol–water partition coefficient (Wildman–Crippen LogP) is 4.10. The number of carbonyl (C=O) groups is 2. The van der Waals surface area contributed by atoms with E-state index in [0.717, 1.165) is 16.7 Å². The summed E-state index contributed by atoms with van der Waals surface area (Å²) in [5, 5.41) is 6.08. The van der Waals surface area contributed by atoms with E-state index in [1.54, 1.807) is 0 Å². The van der Waals surface area contributed by atoms with Crippen LogP contribution in [0.15, 0.2) is 54.6 Å². The molecular formula is C23H28N2O3. The van der Waals surface area contributed by atoms with Crippen LogP contribution in [0.4, 0.5) is 4.79 Å². The van der Waals surface area contributed by atoms with Crippen molar-refractivity contribution in [3.8, 4) is 0 Å². The minimum Gasteiger partial charge on any atom is -0.444 e. The molecule has 28 heavy (non-hydrogen) atoms. The number of ether oxygens (including phenoxy) is 1. The number of amides is 2. The van der Waals surface area contributed by atoms with Gasteiger partial charge in [0.25, 0.3) is 0 Å². The first-order valence-corrected chi connectivity index (χ1v) is 9.67. The third-order valence-electron chi connectivity index (χ3n) is 4.93. The summed E-state index contributed by atoms with van der Waals surface area (Å²) in [6.07, 6.45) is 0.189. The number of hydrogen-bond donors (Lipinski definition) is 2. The van der Waals surface area contributed by atoms with Crippen molar-refractivity contribution in [1.82, 2.24) is 10.6 Å². The Kier molecular flexibility index (Phi) is 5.73. The SMILES string of the molecule is C[C@H](C(=O)N[C@H]1Cc2ccccc2[C@@H]1NC(=O)OC(C)(C)C)c1ccccc1. The highest BCUT2D eigenvalue weighted by molar-refractivity contribution is 5.83. The van der Waals surface area contributed by atoms with E-state index in [2.05, 4.69) is 10.6 Å². The van der Waals surface area contributed by atoms with Crippen LogP contribution < -0.4 is 10.6 Å². The number of carbonyl (C=O) groups excluding carboxylic acids is 2. The van der Waals surface area contributed by atoms with Gasteiger partial charge in [-0.2, -0.15) is 0 Å². The first-order valence-electron chi connectivity index (χ1n) is 9.67. The van der Waals surface area contributed by atoms with Crippen LogP contribution in [0.1, 0.15) is 56.3 Å². The Balaban J connectivity index is 1.75. The molecule has 3 rings (SSSR count). The van der Waals surface area contributed by atoms with Gasteiger partial charge in [-0.3, -0.25) is 4.79 Å². The summed E-state index contributed by atoms with van der Waals surface area (Å²) in [6.45, 7) is 7.38. The lowest BCUT2D eigenvalue weighted by molar-refractivity contribution is -0.123. The number of rotatable bonds is 4. The van der Waals surface area contributed by atoms with Gasteiger partial charge in [0, 0.05) is 0 Å². The molecule has 3 atom stereocenters. The van der Waals surface area contributed by atoms with Crippen LogP contribution in [0, 0.1) is 0 Å². The molecule has 0 unspecified atom stereocenters. The van der Waals surface area contributed by atoms with E-state index in [1.165, 1.54) is 0 Å². The summed E-state index contributed by atoms with van der Waals surface area (Å²) in [6, 6.07) is 17.1. The molecule has 2 aromatic rings. The molecule has 2 amide bonds. The maximum absolute atomic E-state index is 12.9. The number of nitrogens with one attached hydrogen (secondary N) is 2. The fourth-order valence-electron chi connectivity index (χ4n) is 3.54. The van der Waals surface area contributed by atoms with Crippen molar-refractivity contribution in [2.75, 3.05) is 0 Å². The lowest BCUT2D eigenvalue weighted by Gasteiger charge is -2.26. The molecule has 0 saturated carbocycles. The highest BCUT2D eigenvalue weighted by atomic mass is 16.6. The third kappa shape index (κ3) is 4.71. The summed E-state index contributed by atoms with van der Waals surface area (Å²) in [5.41, 5.74) is 2.53. The van der Waals surface area contributed by atoms with Gasteiger partial charge in [0.2, 0.25) is 5.91 Å². The van der Waals surface area contributed by atoms with Crippen molar-refractivity contribution in [2.24, 2.45) is 0 Å². The fourth-order valence-corrected chi connectivity index (χ4v) is 3.54. The zero-order valence-electron chi connectivity index (χ0n) is 16.9. The van der Waals surface area contributed by atoms with E-state index in [0.29, 0.717) is 6.42 Å². The van der Waals surface area contributed by atoms with Crippen LogP contribution in [0.3, 0.4) is 0 Å². The molecule has 0 heterocycles. The molecule has 1 aliphatic carbocycles. The second kappa shape index (κ2) is 8.05. The van der Waals surface area contributed by atoms with Gasteiger partial charge in [-0.1, -0.05) is 54.6 Å². The Morgan fingerprint density at radius 2 is 1.64 bits per heavy atom. The van der Waals surface area contributed by atoms with Gasteiger partial charge < -0.3 is 15.4 Å². The molecule has 0 saturated heterocycles. The Hall–Kier alpha value is -2.82. The molecular weight excluding hydrogens is 352 g/mol. The quantitative estimate of drug-likeness (QED) is 0.839. The largest absolute Gasteiger partial charge is 0.444 e. The molecule has 148 valence electrons. The Labute approximate surface area is 166 Å². The first kappa shape index (κ1) is 19.9. The Bertz CT molecular complexity index is 842. The highest BCUT2D eigenvalue weighted by Crippen LogP contribution is 2.32. The van der Waals surface area contributed by atoms with Gasteiger partial charge in [0.1, 0.15) is 5.60 Å². The van der Waals surface area contributed by atoms with E-state index in [1.807, 2.05) is 82.3 Å². The molecule has 2 N–H and O–H groups in total. The molecule has 2 aromatic carbocycles. The maximum Gasteiger partial charge on any atom is 0.408 e. The second-order valence-electron chi connectivity index (χ2n) is 8.27. The third-order valence-corrected chi connectivity index (χ3v) is 4.93. The first-order chi connectivity index (χ1) is 13.2. The summed E-state index contributed by atoms with van der Waals surface area (Å²) in [4.78, 5) is 25.2. The molecule has 5 heteroatoms. The van der Waals surface area contributed by atoms with Crippen molar-refractivity contribution in [1.29, 1.82) is 0 Å². The Morgan fingerprint density at radius 3 is 2.32 bits per heavy atom. The van der Waals surface area contributed by atoms with Crippen LogP contribution in [0.2, 0.25) is 0 Å². The van der Waals surface area contributed by atoms with Crippen LogP contribution in [0.5, 0.6) is 0 Å². The predicted molar refractivity (Wildman–Crippen MR) is 109 cm³/mol. The number of hydrogen-bond acceptors (Lipinski definition) is 3. The summed E-state index contributed by atoms with van der Waals surface area (Å²) in [5.74, 6) is -0.327. The molecule has 1 aliphatic rings. The average molecular weight is 380 g/mol. The average Bonchev–Trinajstić information content (AvgIpc) is 2.97. The standard InChI is InChI=1S/C23H28N2O3/c1-15(16-10-6-5-7-11-16)21(26)24-19-14-17-12-8-9-13-18(17)20(19)25-22(27)28-23(2,3)4/h5-13,15,19-20H,14H2,1-4H3,(H,24,26)(H,25,27)/t15-,19-,20-/m0/s1. The smallest absolute Gasteiger partial charge is 0.408 e. The summed E-state index contributed by atoms with van der Waals surface area (Å²) in [7, 11) is 0. The molecule has 0 spiro atoms. The number of alkyl carbamates (subject to hydrolysis) is 1. The molecule has 5 nitrogen and oxygen atoms in total. The van der Waals surface area contributed by atoms with Crippen molar-refractivity contribution < 1.29 is 14.3 Å². The van der Waals surface area contributed by atoms with Crippen molar-refractivity contribution >= 4 is 12.0 Å². The van der Waals surface area contributed by atoms with Gasteiger partial charge in [0.05, 0.1) is 18.0 Å². The Morgan fingerprint density at radius 1 is 1.00 bits per heavy atom. The maximum atomic E-state index is 12.9. The van der Waals surface area contributed by atoms with Crippen molar-refractivity contribution in [3.05, 3.63) is 71.3 Å². The van der Waals surface area contributed by atoms with Gasteiger partial charge in [0.15, 0.2) is 0 Å². The van der Waals surface area contributed by atoms with Crippen molar-refractivity contribution in [2.45, 2.75) is 57.7 Å². The summed E-state index contributed by atoms with van der Waals surface area (Å²) >= 11 is 0. The zero-order valence-corrected chi connectivity index (χ0v) is 16.9. The van der Waals surface area contributed by atoms with E-state index in [4.69, 9.17) is 4.74 Å². The lowest BCUT2D eigenvalue weighted by Crippen LogP contribution is -2.46.